The zero-order valence-corrected chi connectivity index (χ0v) is 16.5. The van der Waals surface area contributed by atoms with Crippen LogP contribution in [0.25, 0.3) is 5.57 Å². The van der Waals surface area contributed by atoms with Gasteiger partial charge in [-0.3, -0.25) is 4.79 Å². The fraction of sp³-hybridized carbons (Fsp3) is 0.609. The Morgan fingerprint density at radius 2 is 1.93 bits per heavy atom. The number of hydrogen-bond acceptors (Lipinski definition) is 3. The van der Waals surface area contributed by atoms with Gasteiger partial charge in [-0.25, -0.2) is 0 Å². The van der Waals surface area contributed by atoms with Gasteiger partial charge in [-0.15, -0.1) is 0 Å². The lowest BCUT2D eigenvalue weighted by atomic mass is 9.86. The number of ether oxygens (including phenoxy) is 1. The first kappa shape index (κ1) is 19.9. The molecular formula is C23H33NO3. The number of carboxylic acid groups (broad SMARTS) is 1. The van der Waals surface area contributed by atoms with Crippen molar-refractivity contribution < 1.29 is 14.6 Å². The van der Waals surface area contributed by atoms with Crippen LogP contribution in [0.15, 0.2) is 30.3 Å². The van der Waals surface area contributed by atoms with Gasteiger partial charge in [-0.2, -0.15) is 0 Å². The molecule has 1 aromatic carbocycles. The van der Waals surface area contributed by atoms with E-state index in [4.69, 9.17) is 9.84 Å². The van der Waals surface area contributed by atoms with Crippen LogP contribution in [0.1, 0.15) is 70.3 Å². The predicted molar refractivity (Wildman–Crippen MR) is 109 cm³/mol. The summed E-state index contributed by atoms with van der Waals surface area (Å²) in [5.41, 5.74) is 2.60. The maximum atomic E-state index is 10.7. The smallest absolute Gasteiger partial charge is 0.303 e. The van der Waals surface area contributed by atoms with Gasteiger partial charge in [0.05, 0.1) is 6.10 Å². The Hall–Kier alpha value is -1.81. The number of nitrogens with one attached hydrogen (secondary N) is 1. The van der Waals surface area contributed by atoms with Crippen molar-refractivity contribution in [2.45, 2.75) is 76.9 Å². The Morgan fingerprint density at radius 1 is 1.19 bits per heavy atom. The molecule has 1 saturated carbocycles. The van der Waals surface area contributed by atoms with E-state index < -0.39 is 5.97 Å². The van der Waals surface area contributed by atoms with Crippen LogP contribution < -0.4 is 10.1 Å². The van der Waals surface area contributed by atoms with Gasteiger partial charge in [0.25, 0.3) is 0 Å². The lowest BCUT2D eigenvalue weighted by Gasteiger charge is -2.28. The van der Waals surface area contributed by atoms with Crippen molar-refractivity contribution in [3.8, 4) is 5.75 Å². The maximum Gasteiger partial charge on any atom is 0.303 e. The minimum Gasteiger partial charge on any atom is -0.490 e. The molecule has 0 spiro atoms. The topological polar surface area (TPSA) is 58.6 Å². The molecule has 4 heteroatoms. The molecule has 1 unspecified atom stereocenters. The Morgan fingerprint density at radius 3 is 2.59 bits per heavy atom. The maximum absolute atomic E-state index is 10.7. The van der Waals surface area contributed by atoms with E-state index in [9.17, 15) is 4.79 Å². The lowest BCUT2D eigenvalue weighted by molar-refractivity contribution is -0.137. The number of benzene rings is 1. The normalized spacial score (nSPS) is 25.7. The fourth-order valence-corrected chi connectivity index (χ4v) is 4.27. The van der Waals surface area contributed by atoms with Gasteiger partial charge >= 0.3 is 5.97 Å². The van der Waals surface area contributed by atoms with Gasteiger partial charge in [-0.05, 0) is 80.7 Å². The first-order valence-electron chi connectivity index (χ1n) is 10.6. The molecular weight excluding hydrogens is 338 g/mol. The van der Waals surface area contributed by atoms with E-state index in [1.165, 1.54) is 43.2 Å². The van der Waals surface area contributed by atoms with Crippen LogP contribution in [0.2, 0.25) is 0 Å². The van der Waals surface area contributed by atoms with Gasteiger partial charge in [0.15, 0.2) is 0 Å². The minimum atomic E-state index is -0.714. The second-order valence-corrected chi connectivity index (χ2v) is 7.98. The summed E-state index contributed by atoms with van der Waals surface area (Å²) in [6.07, 6.45) is 11.7. The molecule has 1 fully saturated rings. The van der Waals surface area contributed by atoms with Gasteiger partial charge in [0, 0.05) is 12.5 Å². The monoisotopic (exact) mass is 371 g/mol. The second-order valence-electron chi connectivity index (χ2n) is 7.98. The standard InChI is InChI=1S/C23H33NO3/c1-2-17-6-10-21(11-7-17)27-22-12-8-18(9-13-22)19-14-15-24-20(16-19)4-3-5-23(25)26/h8-9,12-13,16-17,20-21,24H,2-7,10-11,14-15H2,1H3,(H,25,26)/t17-,20?,21+. The first-order valence-corrected chi connectivity index (χ1v) is 10.6. The summed E-state index contributed by atoms with van der Waals surface area (Å²) in [7, 11) is 0. The average Bonchev–Trinajstić information content (AvgIpc) is 2.69. The molecule has 0 saturated heterocycles. The summed E-state index contributed by atoms with van der Waals surface area (Å²) in [5, 5.41) is 12.3. The van der Waals surface area contributed by atoms with Crippen LogP contribution in [-0.2, 0) is 4.79 Å². The molecule has 0 bridgehead atoms. The van der Waals surface area contributed by atoms with E-state index >= 15 is 0 Å². The molecule has 3 rings (SSSR count). The minimum absolute atomic E-state index is 0.244. The van der Waals surface area contributed by atoms with Crippen molar-refractivity contribution in [3.63, 3.8) is 0 Å². The Labute approximate surface area is 163 Å². The summed E-state index contributed by atoms with van der Waals surface area (Å²) in [5.74, 6) is 1.16. The van der Waals surface area contributed by atoms with Crippen LogP contribution >= 0.6 is 0 Å². The van der Waals surface area contributed by atoms with Gasteiger partial charge < -0.3 is 15.2 Å². The van der Waals surface area contributed by atoms with E-state index in [0.717, 1.165) is 31.1 Å². The van der Waals surface area contributed by atoms with E-state index in [-0.39, 0.29) is 12.5 Å². The number of carbonyl (C=O) groups is 1. The highest BCUT2D eigenvalue weighted by Crippen LogP contribution is 2.30. The second kappa shape index (κ2) is 9.93. The summed E-state index contributed by atoms with van der Waals surface area (Å²) < 4.78 is 6.20. The molecule has 4 nitrogen and oxygen atoms in total. The Bertz CT molecular complexity index is 630. The third-order valence-electron chi connectivity index (χ3n) is 6.01. The number of rotatable bonds is 8. The number of carboxylic acids is 1. The zero-order valence-electron chi connectivity index (χ0n) is 16.5. The highest BCUT2D eigenvalue weighted by molar-refractivity contribution is 5.68. The van der Waals surface area contributed by atoms with Gasteiger partial charge in [0.2, 0.25) is 0 Å². The van der Waals surface area contributed by atoms with E-state index in [1.807, 2.05) is 0 Å². The van der Waals surface area contributed by atoms with E-state index in [1.54, 1.807) is 0 Å². The van der Waals surface area contributed by atoms with Crippen molar-refractivity contribution in [2.75, 3.05) is 6.54 Å². The Kier molecular flexibility index (Phi) is 7.33. The quantitative estimate of drug-likeness (QED) is 0.672. The SMILES string of the molecule is CC[C@H]1CC[C@@H](Oc2ccc(C3=CC(CCCC(=O)O)NCC3)cc2)CC1. The summed E-state index contributed by atoms with van der Waals surface area (Å²) in [6.45, 7) is 3.24. The number of aliphatic carboxylic acids is 1. The molecule has 0 amide bonds. The van der Waals surface area contributed by atoms with Crippen LogP contribution in [0.3, 0.4) is 0 Å². The summed E-state index contributed by atoms with van der Waals surface area (Å²) in [4.78, 5) is 10.7. The molecule has 0 aromatic heterocycles. The molecule has 2 aliphatic rings. The molecule has 1 heterocycles. The van der Waals surface area contributed by atoms with Crippen LogP contribution in [0.5, 0.6) is 5.75 Å². The molecule has 1 atom stereocenters. The van der Waals surface area contributed by atoms with Crippen molar-refractivity contribution >= 4 is 11.5 Å². The fourth-order valence-electron chi connectivity index (χ4n) is 4.27. The van der Waals surface area contributed by atoms with Gasteiger partial charge in [0.1, 0.15) is 5.75 Å². The molecule has 1 aromatic rings. The van der Waals surface area contributed by atoms with Crippen molar-refractivity contribution in [1.29, 1.82) is 0 Å². The molecule has 1 aliphatic carbocycles. The third-order valence-corrected chi connectivity index (χ3v) is 6.01. The van der Waals surface area contributed by atoms with E-state index in [2.05, 4.69) is 42.6 Å². The predicted octanol–water partition coefficient (Wildman–Crippen LogP) is 5.03. The van der Waals surface area contributed by atoms with Crippen molar-refractivity contribution in [2.24, 2.45) is 5.92 Å². The number of hydrogen-bond donors (Lipinski definition) is 2. The van der Waals surface area contributed by atoms with Crippen molar-refractivity contribution in [1.82, 2.24) is 5.32 Å². The first-order chi connectivity index (χ1) is 13.1. The highest BCUT2D eigenvalue weighted by Gasteiger charge is 2.21. The molecule has 27 heavy (non-hydrogen) atoms. The van der Waals surface area contributed by atoms with Gasteiger partial charge in [-0.1, -0.05) is 31.6 Å². The largest absolute Gasteiger partial charge is 0.490 e. The molecule has 2 N–H and O–H groups in total. The summed E-state index contributed by atoms with van der Waals surface area (Å²) in [6, 6.07) is 8.81. The van der Waals surface area contributed by atoms with Crippen LogP contribution in [-0.4, -0.2) is 29.8 Å². The molecule has 148 valence electrons. The Balaban J connectivity index is 1.53. The summed E-state index contributed by atoms with van der Waals surface area (Å²) >= 11 is 0. The van der Waals surface area contributed by atoms with Crippen molar-refractivity contribution in [3.05, 3.63) is 35.9 Å². The average molecular weight is 372 g/mol. The lowest BCUT2D eigenvalue weighted by Crippen LogP contribution is -2.32. The van der Waals surface area contributed by atoms with Crippen LogP contribution in [0, 0.1) is 5.92 Å². The zero-order chi connectivity index (χ0) is 19.1. The highest BCUT2D eigenvalue weighted by atomic mass is 16.5. The van der Waals surface area contributed by atoms with Crippen LogP contribution in [0.4, 0.5) is 0 Å². The third kappa shape index (κ3) is 6.10. The van der Waals surface area contributed by atoms with E-state index in [0.29, 0.717) is 12.5 Å². The molecule has 0 radical (unpaired) electrons. The molecule has 1 aliphatic heterocycles.